The molecule has 0 amide bonds. The van der Waals surface area contributed by atoms with Gasteiger partial charge in [-0.25, -0.2) is 9.59 Å². The summed E-state index contributed by atoms with van der Waals surface area (Å²) in [6, 6.07) is 6.76. The predicted octanol–water partition coefficient (Wildman–Crippen LogP) is 7.25. The molecular weight excluding hydrogens is 456 g/mol. The molecule has 0 aliphatic heterocycles. The van der Waals surface area contributed by atoms with Gasteiger partial charge < -0.3 is 18.9 Å². The van der Waals surface area contributed by atoms with Crippen molar-refractivity contribution in [1.82, 2.24) is 0 Å². The van der Waals surface area contributed by atoms with E-state index in [0.717, 1.165) is 38.5 Å². The maximum Gasteiger partial charge on any atom is 0.339 e. The van der Waals surface area contributed by atoms with Crippen molar-refractivity contribution in [2.24, 2.45) is 11.8 Å². The molecular formula is C30H50O6. The van der Waals surface area contributed by atoms with E-state index in [2.05, 4.69) is 13.8 Å². The zero-order chi connectivity index (χ0) is 26.4. The number of carbonyl (C=O) groups excluding carboxylic acids is 2. The van der Waals surface area contributed by atoms with Crippen LogP contribution in [0, 0.1) is 11.8 Å². The molecule has 0 saturated carbocycles. The summed E-state index contributed by atoms with van der Waals surface area (Å²) in [6.45, 7) is 6.49. The molecule has 6 nitrogen and oxygen atoms in total. The van der Waals surface area contributed by atoms with Crippen LogP contribution in [0.3, 0.4) is 0 Å². The van der Waals surface area contributed by atoms with E-state index >= 15 is 0 Å². The number of esters is 2. The minimum atomic E-state index is -0.473. The summed E-state index contributed by atoms with van der Waals surface area (Å²) in [4.78, 5) is 25.6. The Morgan fingerprint density at radius 1 is 0.611 bits per heavy atom. The smallest absolute Gasteiger partial charge is 0.339 e. The number of hydrogen-bond donors (Lipinski definition) is 0. The Balaban J connectivity index is 2.60. The quantitative estimate of drug-likeness (QED) is 0.122. The number of rotatable bonds is 22. The van der Waals surface area contributed by atoms with E-state index in [0.29, 0.717) is 38.3 Å². The van der Waals surface area contributed by atoms with E-state index in [1.807, 2.05) is 0 Å². The van der Waals surface area contributed by atoms with Crippen LogP contribution in [0.1, 0.15) is 112 Å². The molecule has 0 radical (unpaired) electrons. The highest BCUT2D eigenvalue weighted by Gasteiger charge is 2.20. The van der Waals surface area contributed by atoms with Crippen molar-refractivity contribution in [3.63, 3.8) is 0 Å². The maximum absolute atomic E-state index is 12.8. The number of benzene rings is 1. The second kappa shape index (κ2) is 21.2. The topological polar surface area (TPSA) is 71.1 Å². The van der Waals surface area contributed by atoms with Crippen LogP contribution in [0.5, 0.6) is 0 Å². The maximum atomic E-state index is 12.8. The van der Waals surface area contributed by atoms with Crippen LogP contribution in [0.15, 0.2) is 24.3 Å². The van der Waals surface area contributed by atoms with Crippen molar-refractivity contribution in [3.05, 3.63) is 35.4 Å². The number of hydrogen-bond acceptors (Lipinski definition) is 6. The normalized spacial score (nSPS) is 12.8. The summed E-state index contributed by atoms with van der Waals surface area (Å²) < 4.78 is 21.6. The fraction of sp³-hybridized carbons (Fsp3) is 0.733. The van der Waals surface area contributed by atoms with E-state index in [9.17, 15) is 9.59 Å². The highest BCUT2D eigenvalue weighted by atomic mass is 16.5. The van der Waals surface area contributed by atoms with Crippen molar-refractivity contribution < 1.29 is 28.5 Å². The average Bonchev–Trinajstić information content (AvgIpc) is 2.89. The first-order valence-electron chi connectivity index (χ1n) is 14.0. The predicted molar refractivity (Wildman–Crippen MR) is 144 cm³/mol. The number of methoxy groups -OCH3 is 2. The largest absolute Gasteiger partial charge is 0.462 e. The standard InChI is InChI=1S/C30H50O6/c1-5-7-9-13-25(17-21-33-3)19-23-35-29(31)27-15-11-12-16-28(27)30(32)36-24-20-26(18-22-34-4)14-10-8-6-2/h11-12,15-16,25-26H,5-10,13-14,17-24H2,1-4H3. The zero-order valence-electron chi connectivity index (χ0n) is 23.2. The molecule has 0 aliphatic rings. The number of carbonyl (C=O) groups is 2. The van der Waals surface area contributed by atoms with Crippen molar-refractivity contribution >= 4 is 11.9 Å². The molecule has 6 heteroatoms. The molecule has 0 saturated heterocycles. The summed E-state index contributed by atoms with van der Waals surface area (Å²) in [5.41, 5.74) is 0.529. The molecule has 1 aromatic rings. The molecule has 0 heterocycles. The van der Waals surface area contributed by atoms with Gasteiger partial charge in [0.2, 0.25) is 0 Å². The summed E-state index contributed by atoms with van der Waals surface area (Å²) in [6.07, 6.45) is 12.9. The number of ether oxygens (including phenoxy) is 4. The van der Waals surface area contributed by atoms with Gasteiger partial charge in [-0.3, -0.25) is 0 Å². The van der Waals surface area contributed by atoms with Crippen molar-refractivity contribution in [2.45, 2.75) is 90.9 Å². The third-order valence-corrected chi connectivity index (χ3v) is 6.78. The summed E-state index contributed by atoms with van der Waals surface area (Å²) in [5, 5.41) is 0. The van der Waals surface area contributed by atoms with Crippen LogP contribution in [-0.4, -0.2) is 52.6 Å². The van der Waals surface area contributed by atoms with Gasteiger partial charge in [-0.15, -0.1) is 0 Å². The van der Waals surface area contributed by atoms with Gasteiger partial charge in [-0.2, -0.15) is 0 Å². The van der Waals surface area contributed by atoms with E-state index in [1.165, 1.54) is 38.5 Å². The van der Waals surface area contributed by atoms with E-state index < -0.39 is 11.9 Å². The Bertz CT molecular complexity index is 645. The van der Waals surface area contributed by atoms with Gasteiger partial charge in [-0.1, -0.05) is 77.3 Å². The lowest BCUT2D eigenvalue weighted by Gasteiger charge is -2.17. The molecule has 0 spiro atoms. The summed E-state index contributed by atoms with van der Waals surface area (Å²) >= 11 is 0. The van der Waals surface area contributed by atoms with Gasteiger partial charge in [0.1, 0.15) is 0 Å². The van der Waals surface area contributed by atoms with E-state index in [-0.39, 0.29) is 11.1 Å². The molecule has 2 unspecified atom stereocenters. The van der Waals surface area contributed by atoms with Gasteiger partial charge in [0.05, 0.1) is 24.3 Å². The van der Waals surface area contributed by atoms with Crippen molar-refractivity contribution in [2.75, 3.05) is 40.6 Å². The molecule has 0 N–H and O–H groups in total. The summed E-state index contributed by atoms with van der Waals surface area (Å²) in [5.74, 6) is -0.0148. The van der Waals surface area contributed by atoms with Gasteiger partial charge in [0.15, 0.2) is 0 Å². The van der Waals surface area contributed by atoms with E-state index in [1.54, 1.807) is 38.5 Å². The number of unbranched alkanes of at least 4 members (excludes halogenated alkanes) is 4. The van der Waals surface area contributed by atoms with Gasteiger partial charge >= 0.3 is 11.9 Å². The molecule has 206 valence electrons. The Morgan fingerprint density at radius 3 is 1.36 bits per heavy atom. The highest BCUT2D eigenvalue weighted by Crippen LogP contribution is 2.20. The van der Waals surface area contributed by atoms with E-state index in [4.69, 9.17) is 18.9 Å². The van der Waals surface area contributed by atoms with Crippen LogP contribution in [0.2, 0.25) is 0 Å². The van der Waals surface area contributed by atoms with Gasteiger partial charge in [-0.05, 0) is 49.7 Å². The Kier molecular flexibility index (Phi) is 18.9. The van der Waals surface area contributed by atoms with Crippen LogP contribution in [0.4, 0.5) is 0 Å². The van der Waals surface area contributed by atoms with Crippen LogP contribution in [-0.2, 0) is 18.9 Å². The monoisotopic (exact) mass is 506 g/mol. The molecule has 0 fully saturated rings. The van der Waals surface area contributed by atoms with Crippen LogP contribution < -0.4 is 0 Å². The fourth-order valence-electron chi connectivity index (χ4n) is 4.43. The second-order valence-corrected chi connectivity index (χ2v) is 9.68. The van der Waals surface area contributed by atoms with Crippen molar-refractivity contribution in [1.29, 1.82) is 0 Å². The lowest BCUT2D eigenvalue weighted by Crippen LogP contribution is -2.17. The Morgan fingerprint density at radius 2 is 1.00 bits per heavy atom. The lowest BCUT2D eigenvalue weighted by atomic mass is 9.95. The van der Waals surface area contributed by atoms with Crippen LogP contribution >= 0.6 is 0 Å². The third kappa shape index (κ3) is 14.0. The molecule has 1 rings (SSSR count). The second-order valence-electron chi connectivity index (χ2n) is 9.68. The highest BCUT2D eigenvalue weighted by molar-refractivity contribution is 6.03. The zero-order valence-corrected chi connectivity index (χ0v) is 23.2. The average molecular weight is 507 g/mol. The molecule has 2 atom stereocenters. The SMILES string of the molecule is CCCCCC(CCOC)CCOC(=O)c1ccccc1C(=O)OCCC(CCCCC)CCOC. The Labute approximate surface area is 219 Å². The first kappa shape index (κ1) is 32.1. The molecule has 0 aromatic heterocycles. The van der Waals surface area contributed by atoms with Gasteiger partial charge in [0, 0.05) is 27.4 Å². The third-order valence-electron chi connectivity index (χ3n) is 6.78. The fourth-order valence-corrected chi connectivity index (χ4v) is 4.43. The minimum absolute atomic E-state index is 0.265. The Hall–Kier alpha value is -1.92. The molecule has 1 aromatic carbocycles. The van der Waals surface area contributed by atoms with Gasteiger partial charge in [0.25, 0.3) is 0 Å². The lowest BCUT2D eigenvalue weighted by molar-refractivity contribution is 0.0424. The molecule has 0 bridgehead atoms. The molecule has 36 heavy (non-hydrogen) atoms. The minimum Gasteiger partial charge on any atom is -0.462 e. The van der Waals surface area contributed by atoms with Crippen LogP contribution in [0.25, 0.3) is 0 Å². The van der Waals surface area contributed by atoms with Crippen molar-refractivity contribution in [3.8, 4) is 0 Å². The first-order chi connectivity index (χ1) is 17.6. The molecule has 0 aliphatic carbocycles. The summed E-state index contributed by atoms with van der Waals surface area (Å²) in [7, 11) is 3.43. The first-order valence-corrected chi connectivity index (χ1v) is 14.0.